The van der Waals surface area contributed by atoms with Gasteiger partial charge in [0.15, 0.2) is 34.4 Å². The molecule has 0 amide bonds. The van der Waals surface area contributed by atoms with Crippen LogP contribution in [0.3, 0.4) is 0 Å². The van der Waals surface area contributed by atoms with Crippen molar-refractivity contribution >= 4 is 38.4 Å². The molecule has 0 aliphatic rings. The molecule has 0 saturated carbocycles. The van der Waals surface area contributed by atoms with Crippen molar-refractivity contribution in [2.24, 2.45) is 0 Å². The topological polar surface area (TPSA) is 104 Å². The van der Waals surface area contributed by atoms with E-state index in [0.29, 0.717) is 42.6 Å². The van der Waals surface area contributed by atoms with Gasteiger partial charge in [-0.1, -0.05) is 6.07 Å². The van der Waals surface area contributed by atoms with Gasteiger partial charge in [-0.2, -0.15) is 0 Å². The first kappa shape index (κ1) is 24.9. The van der Waals surface area contributed by atoms with Gasteiger partial charge in [-0.3, -0.25) is 4.79 Å². The van der Waals surface area contributed by atoms with E-state index in [9.17, 15) is 13.2 Å². The highest BCUT2D eigenvalue weighted by Gasteiger charge is 2.23. The molecule has 0 saturated heterocycles. The first-order valence-electron chi connectivity index (χ1n) is 10.3. The van der Waals surface area contributed by atoms with Gasteiger partial charge in [0.05, 0.1) is 25.7 Å². The van der Waals surface area contributed by atoms with Gasteiger partial charge in [-0.05, 0) is 48.7 Å². The fourth-order valence-corrected chi connectivity index (χ4v) is 4.60. The maximum Gasteiger partial charge on any atom is 0.241 e. The zero-order chi connectivity index (χ0) is 24.0. The van der Waals surface area contributed by atoms with E-state index in [1.165, 1.54) is 25.1 Å². The summed E-state index contributed by atoms with van der Waals surface area (Å²) in [5.74, 6) is 1.68. The van der Waals surface area contributed by atoms with Crippen LogP contribution in [-0.4, -0.2) is 47.5 Å². The Labute approximate surface area is 197 Å². The molecule has 0 unspecified atom stereocenters. The lowest BCUT2D eigenvalue weighted by Crippen LogP contribution is -2.26. The molecule has 33 heavy (non-hydrogen) atoms. The smallest absolute Gasteiger partial charge is 0.241 e. The van der Waals surface area contributed by atoms with Gasteiger partial charge < -0.3 is 18.6 Å². The number of hydrogen-bond donors (Lipinski definition) is 1. The average molecular weight is 496 g/mol. The first-order valence-corrected chi connectivity index (χ1v) is 12.3. The molecule has 0 spiro atoms. The number of benzene rings is 2. The first-order chi connectivity index (χ1) is 15.8. The van der Waals surface area contributed by atoms with E-state index >= 15 is 0 Å². The lowest BCUT2D eigenvalue weighted by Gasteiger charge is -2.12. The number of carbonyl (C=O) groups excluding carboxylic acids is 1. The highest BCUT2D eigenvalue weighted by molar-refractivity contribution is 7.89. The third kappa shape index (κ3) is 5.79. The van der Waals surface area contributed by atoms with E-state index in [0.717, 1.165) is 5.56 Å². The molecule has 0 radical (unpaired) electrons. The maximum absolute atomic E-state index is 13.1. The number of carbonyl (C=O) groups is 1. The van der Waals surface area contributed by atoms with E-state index in [1.54, 1.807) is 26.4 Å². The maximum atomic E-state index is 13.1. The third-order valence-corrected chi connectivity index (χ3v) is 6.72. The Morgan fingerprint density at radius 3 is 2.45 bits per heavy atom. The summed E-state index contributed by atoms with van der Waals surface area (Å²) in [6.45, 7) is 1.84. The second-order valence-electron chi connectivity index (χ2n) is 7.20. The van der Waals surface area contributed by atoms with Gasteiger partial charge in [0.1, 0.15) is 0 Å². The van der Waals surface area contributed by atoms with Gasteiger partial charge in [-0.15, -0.1) is 11.6 Å². The van der Waals surface area contributed by atoms with Crippen molar-refractivity contribution in [3.05, 3.63) is 47.7 Å². The average Bonchev–Trinajstić information content (AvgIpc) is 3.25. The van der Waals surface area contributed by atoms with Crippen LogP contribution in [0.4, 0.5) is 0 Å². The second kappa shape index (κ2) is 10.9. The molecule has 1 heterocycles. The summed E-state index contributed by atoms with van der Waals surface area (Å²) >= 11 is 5.69. The fourth-order valence-electron chi connectivity index (χ4n) is 3.28. The van der Waals surface area contributed by atoms with Crippen molar-refractivity contribution in [2.75, 3.05) is 33.3 Å². The summed E-state index contributed by atoms with van der Waals surface area (Å²) in [5, 5.41) is 0.280. The van der Waals surface area contributed by atoms with Gasteiger partial charge in [0.25, 0.3) is 0 Å². The van der Waals surface area contributed by atoms with Crippen molar-refractivity contribution < 1.29 is 31.8 Å². The Morgan fingerprint density at radius 2 is 1.79 bits per heavy atom. The number of Topliss-reactive ketones (excluding diaryl/α,β-unsaturated/α-hetero) is 1. The van der Waals surface area contributed by atoms with Crippen molar-refractivity contribution in [1.29, 1.82) is 0 Å². The summed E-state index contributed by atoms with van der Waals surface area (Å²) < 4.78 is 50.6. The van der Waals surface area contributed by atoms with Crippen LogP contribution in [0.1, 0.15) is 29.5 Å². The fraction of sp³-hybridized carbons (Fsp3) is 0.348. The molecule has 8 nitrogen and oxygen atoms in total. The molecule has 0 atom stereocenters. The minimum atomic E-state index is -3.89. The molecule has 1 N–H and O–H groups in total. The summed E-state index contributed by atoms with van der Waals surface area (Å²) in [7, 11) is -0.804. The summed E-state index contributed by atoms with van der Waals surface area (Å²) in [4.78, 5) is 11.8. The standard InChI is InChI=1S/C23H26ClNO7S/c1-15(26)20-14-17-22(8-7-19(23(17)32-20)31-12-4-10-24)33(27,28)25-11-9-16-5-6-18(29-2)21(13-16)30-3/h5-8,13-14,25H,4,9-12H2,1-3H3. The predicted molar refractivity (Wildman–Crippen MR) is 125 cm³/mol. The van der Waals surface area contributed by atoms with Crippen molar-refractivity contribution in [1.82, 2.24) is 4.72 Å². The zero-order valence-electron chi connectivity index (χ0n) is 18.6. The Kier molecular flexibility index (Phi) is 8.23. The monoisotopic (exact) mass is 495 g/mol. The van der Waals surface area contributed by atoms with Gasteiger partial charge in [-0.25, -0.2) is 13.1 Å². The van der Waals surface area contributed by atoms with Crippen LogP contribution in [-0.2, 0) is 16.4 Å². The molecule has 1 aromatic heterocycles. The Bertz CT molecular complexity index is 1240. The molecule has 3 rings (SSSR count). The molecular weight excluding hydrogens is 470 g/mol. The number of ether oxygens (including phenoxy) is 3. The summed E-state index contributed by atoms with van der Waals surface area (Å²) in [6, 6.07) is 9.80. The number of rotatable bonds is 12. The van der Waals surface area contributed by atoms with Crippen LogP contribution in [0.2, 0.25) is 0 Å². The molecule has 10 heteroatoms. The highest BCUT2D eigenvalue weighted by atomic mass is 35.5. The molecule has 2 aromatic carbocycles. The van der Waals surface area contributed by atoms with E-state index in [2.05, 4.69) is 4.72 Å². The minimum Gasteiger partial charge on any atom is -0.493 e. The SMILES string of the molecule is COc1ccc(CCNS(=O)(=O)c2ccc(OCCCCl)c3oc(C(C)=O)cc23)cc1OC. The molecule has 0 fully saturated rings. The highest BCUT2D eigenvalue weighted by Crippen LogP contribution is 2.34. The zero-order valence-corrected chi connectivity index (χ0v) is 20.2. The van der Waals surface area contributed by atoms with Crippen molar-refractivity contribution in [2.45, 2.75) is 24.7 Å². The van der Waals surface area contributed by atoms with Crippen LogP contribution >= 0.6 is 11.6 Å². The summed E-state index contributed by atoms with van der Waals surface area (Å²) in [6.07, 6.45) is 1.05. The number of hydrogen-bond acceptors (Lipinski definition) is 7. The van der Waals surface area contributed by atoms with E-state index < -0.39 is 10.0 Å². The number of sulfonamides is 1. The lowest BCUT2D eigenvalue weighted by atomic mass is 10.1. The van der Waals surface area contributed by atoms with Crippen molar-refractivity contribution in [3.8, 4) is 17.2 Å². The quantitative estimate of drug-likeness (QED) is 0.228. The minimum absolute atomic E-state index is 0.00533. The largest absolute Gasteiger partial charge is 0.493 e. The van der Waals surface area contributed by atoms with Crippen LogP contribution in [0, 0.1) is 0 Å². The van der Waals surface area contributed by atoms with E-state index in [-0.39, 0.29) is 34.0 Å². The number of methoxy groups -OCH3 is 2. The molecular formula is C23H26ClNO7S. The van der Waals surface area contributed by atoms with Gasteiger partial charge in [0.2, 0.25) is 10.0 Å². The number of halogens is 1. The van der Waals surface area contributed by atoms with E-state index in [1.807, 2.05) is 6.07 Å². The number of ketones is 1. The summed E-state index contributed by atoms with van der Waals surface area (Å²) in [5.41, 5.74) is 1.09. The van der Waals surface area contributed by atoms with Gasteiger partial charge >= 0.3 is 0 Å². The Morgan fingerprint density at radius 1 is 1.06 bits per heavy atom. The van der Waals surface area contributed by atoms with Crippen LogP contribution in [0.25, 0.3) is 11.0 Å². The van der Waals surface area contributed by atoms with Crippen LogP contribution in [0.15, 0.2) is 45.7 Å². The lowest BCUT2D eigenvalue weighted by molar-refractivity contribution is 0.0989. The van der Waals surface area contributed by atoms with E-state index in [4.69, 9.17) is 30.2 Å². The molecule has 3 aromatic rings. The molecule has 178 valence electrons. The van der Waals surface area contributed by atoms with Crippen LogP contribution < -0.4 is 18.9 Å². The number of fused-ring (bicyclic) bond motifs is 1. The Balaban J connectivity index is 1.83. The third-order valence-electron chi connectivity index (χ3n) is 4.93. The number of nitrogens with one attached hydrogen (secondary N) is 1. The Hall–Kier alpha value is -2.75. The number of alkyl halides is 1. The normalized spacial score (nSPS) is 11.5. The molecule has 0 aliphatic carbocycles. The second-order valence-corrected chi connectivity index (χ2v) is 9.31. The van der Waals surface area contributed by atoms with Gasteiger partial charge in [0, 0.05) is 24.7 Å². The van der Waals surface area contributed by atoms with Crippen LogP contribution in [0.5, 0.6) is 17.2 Å². The molecule has 0 aliphatic heterocycles. The predicted octanol–water partition coefficient (Wildman–Crippen LogP) is 4.18. The van der Waals surface area contributed by atoms with Crippen molar-refractivity contribution in [3.63, 3.8) is 0 Å². The number of furan rings is 1. The molecule has 0 bridgehead atoms.